The third-order valence-electron chi connectivity index (χ3n) is 2.85. The molecule has 0 heterocycles. The third kappa shape index (κ3) is 4.50. The lowest BCUT2D eigenvalue weighted by Crippen LogP contribution is -2.17. The van der Waals surface area contributed by atoms with Crippen LogP contribution in [0.4, 0.5) is 5.69 Å². The molecule has 0 unspecified atom stereocenters. The first-order valence-corrected chi connectivity index (χ1v) is 6.60. The summed E-state index contributed by atoms with van der Waals surface area (Å²) in [5.74, 6) is -1.10. The van der Waals surface area contributed by atoms with Gasteiger partial charge in [0, 0.05) is 18.3 Å². The zero-order valence-electron chi connectivity index (χ0n) is 11.9. The van der Waals surface area contributed by atoms with Gasteiger partial charge < -0.3 is 5.11 Å². The molecule has 2 aromatic rings. The first-order chi connectivity index (χ1) is 11.1. The fourth-order valence-corrected chi connectivity index (χ4v) is 1.74. The Hall–Kier alpha value is -3.48. The standard InChI is InChI=1S/C16H13N3O4/c20-15-9-8-13(19(22)23)11-14(15)16(21)18-17-10-4-7-12-5-2-1-3-6-12/h1-11,20H,(H,18,21)/b7-4+,17-10-. The van der Waals surface area contributed by atoms with Crippen LogP contribution in [0.2, 0.25) is 0 Å². The van der Waals surface area contributed by atoms with Crippen molar-refractivity contribution in [2.45, 2.75) is 0 Å². The number of phenolic OH excluding ortho intramolecular Hbond substituents is 1. The Labute approximate surface area is 131 Å². The highest BCUT2D eigenvalue weighted by molar-refractivity contribution is 5.97. The van der Waals surface area contributed by atoms with Gasteiger partial charge in [-0.1, -0.05) is 36.4 Å². The molecule has 0 fully saturated rings. The van der Waals surface area contributed by atoms with Gasteiger partial charge in [0.25, 0.3) is 11.6 Å². The Bertz CT molecular complexity index is 770. The smallest absolute Gasteiger partial charge is 0.275 e. The molecular formula is C16H13N3O4. The van der Waals surface area contributed by atoms with E-state index in [-0.39, 0.29) is 17.0 Å². The number of nitro benzene ring substituents is 1. The zero-order chi connectivity index (χ0) is 16.7. The number of hydrogen-bond donors (Lipinski definition) is 2. The molecular weight excluding hydrogens is 298 g/mol. The lowest BCUT2D eigenvalue weighted by Gasteiger charge is -2.02. The van der Waals surface area contributed by atoms with E-state index in [1.54, 1.807) is 12.2 Å². The summed E-state index contributed by atoms with van der Waals surface area (Å²) in [4.78, 5) is 21.9. The van der Waals surface area contributed by atoms with Crippen LogP contribution in [-0.4, -0.2) is 22.2 Å². The van der Waals surface area contributed by atoms with Crippen molar-refractivity contribution >= 4 is 23.9 Å². The maximum absolute atomic E-state index is 11.8. The van der Waals surface area contributed by atoms with Crippen LogP contribution in [0.5, 0.6) is 5.75 Å². The van der Waals surface area contributed by atoms with Gasteiger partial charge in [0.05, 0.1) is 10.5 Å². The lowest BCUT2D eigenvalue weighted by atomic mass is 10.1. The molecule has 0 aliphatic heterocycles. The number of nitrogens with one attached hydrogen (secondary N) is 1. The fraction of sp³-hybridized carbons (Fsp3) is 0. The van der Waals surface area contributed by atoms with Crippen LogP contribution in [0.3, 0.4) is 0 Å². The molecule has 0 saturated heterocycles. The van der Waals surface area contributed by atoms with E-state index in [0.29, 0.717) is 0 Å². The van der Waals surface area contributed by atoms with Gasteiger partial charge in [0.15, 0.2) is 0 Å². The fourth-order valence-electron chi connectivity index (χ4n) is 1.74. The van der Waals surface area contributed by atoms with Crippen molar-refractivity contribution in [1.82, 2.24) is 5.43 Å². The summed E-state index contributed by atoms with van der Waals surface area (Å²) in [5.41, 5.74) is 2.65. The molecule has 7 nitrogen and oxygen atoms in total. The van der Waals surface area contributed by atoms with Crippen LogP contribution < -0.4 is 5.43 Å². The molecule has 0 saturated carbocycles. The largest absolute Gasteiger partial charge is 0.507 e. The van der Waals surface area contributed by atoms with Gasteiger partial charge in [0.1, 0.15) is 5.75 Å². The number of allylic oxidation sites excluding steroid dienone is 1. The second-order valence-corrected chi connectivity index (χ2v) is 4.45. The molecule has 0 radical (unpaired) electrons. The third-order valence-corrected chi connectivity index (χ3v) is 2.85. The van der Waals surface area contributed by atoms with Crippen molar-refractivity contribution in [3.05, 3.63) is 75.8 Å². The van der Waals surface area contributed by atoms with Crippen LogP contribution in [0.25, 0.3) is 6.08 Å². The summed E-state index contributed by atoms with van der Waals surface area (Å²) < 4.78 is 0. The molecule has 0 aromatic heterocycles. The van der Waals surface area contributed by atoms with Crippen molar-refractivity contribution in [3.8, 4) is 5.75 Å². The number of amides is 1. The normalized spacial score (nSPS) is 11.0. The summed E-state index contributed by atoms with van der Waals surface area (Å²) in [6.45, 7) is 0. The number of carbonyl (C=O) groups is 1. The second-order valence-electron chi connectivity index (χ2n) is 4.45. The molecule has 0 bridgehead atoms. The van der Waals surface area contributed by atoms with E-state index in [4.69, 9.17) is 0 Å². The first-order valence-electron chi connectivity index (χ1n) is 6.60. The van der Waals surface area contributed by atoms with Crippen molar-refractivity contribution in [2.75, 3.05) is 0 Å². The van der Waals surface area contributed by atoms with Gasteiger partial charge in [-0.2, -0.15) is 5.10 Å². The highest BCUT2D eigenvalue weighted by Gasteiger charge is 2.15. The maximum atomic E-state index is 11.8. The molecule has 23 heavy (non-hydrogen) atoms. The second kappa shape index (κ2) is 7.51. The van der Waals surface area contributed by atoms with E-state index in [1.165, 1.54) is 6.21 Å². The number of rotatable bonds is 5. The summed E-state index contributed by atoms with van der Waals surface area (Å²) in [5, 5.41) is 23.9. The summed E-state index contributed by atoms with van der Waals surface area (Å²) in [6.07, 6.45) is 4.78. The number of benzene rings is 2. The van der Waals surface area contributed by atoms with Gasteiger partial charge in [-0.25, -0.2) is 5.43 Å². The van der Waals surface area contributed by atoms with E-state index in [1.807, 2.05) is 30.3 Å². The molecule has 1 amide bonds. The predicted molar refractivity (Wildman–Crippen MR) is 86.2 cm³/mol. The lowest BCUT2D eigenvalue weighted by molar-refractivity contribution is -0.384. The summed E-state index contributed by atoms with van der Waals surface area (Å²) in [7, 11) is 0. The van der Waals surface area contributed by atoms with Crippen LogP contribution in [0, 0.1) is 10.1 Å². The predicted octanol–water partition coefficient (Wildman–Crippen LogP) is 2.73. The SMILES string of the molecule is O=C(N/N=C\C=C\c1ccccc1)c1cc([N+](=O)[O-])ccc1O. The number of non-ortho nitro benzene ring substituents is 1. The van der Waals surface area contributed by atoms with Gasteiger partial charge >= 0.3 is 0 Å². The number of nitro groups is 1. The highest BCUT2D eigenvalue weighted by Crippen LogP contribution is 2.22. The average Bonchev–Trinajstić information content (AvgIpc) is 2.55. The van der Waals surface area contributed by atoms with Crippen molar-refractivity contribution in [1.29, 1.82) is 0 Å². The number of hydrogen-bond acceptors (Lipinski definition) is 5. The first kappa shape index (κ1) is 15.9. The van der Waals surface area contributed by atoms with Crippen LogP contribution in [0.1, 0.15) is 15.9 Å². The number of hydrazone groups is 1. The Morgan fingerprint density at radius 1 is 1.22 bits per heavy atom. The Morgan fingerprint density at radius 2 is 1.96 bits per heavy atom. The van der Waals surface area contributed by atoms with Gasteiger partial charge in [0.2, 0.25) is 0 Å². The molecule has 0 spiro atoms. The monoisotopic (exact) mass is 311 g/mol. The number of phenols is 1. The maximum Gasteiger partial charge on any atom is 0.275 e. The summed E-state index contributed by atoms with van der Waals surface area (Å²) >= 11 is 0. The minimum atomic E-state index is -0.740. The van der Waals surface area contributed by atoms with Gasteiger partial charge in [-0.15, -0.1) is 0 Å². The minimum Gasteiger partial charge on any atom is -0.507 e. The molecule has 2 rings (SSSR count). The highest BCUT2D eigenvalue weighted by atomic mass is 16.6. The van der Waals surface area contributed by atoms with Gasteiger partial charge in [-0.05, 0) is 17.7 Å². The van der Waals surface area contributed by atoms with E-state index in [2.05, 4.69) is 10.5 Å². The van der Waals surface area contributed by atoms with Gasteiger partial charge in [-0.3, -0.25) is 14.9 Å². The van der Waals surface area contributed by atoms with E-state index in [0.717, 1.165) is 23.8 Å². The Morgan fingerprint density at radius 3 is 2.65 bits per heavy atom. The summed E-state index contributed by atoms with van der Waals surface area (Å²) in [6, 6.07) is 12.7. The average molecular weight is 311 g/mol. The molecule has 116 valence electrons. The topological polar surface area (TPSA) is 105 Å². The number of carbonyl (C=O) groups excluding carboxylic acids is 1. The minimum absolute atomic E-state index is 0.219. The Balaban J connectivity index is 1.99. The molecule has 0 aliphatic carbocycles. The molecule has 0 atom stereocenters. The van der Waals surface area contributed by atoms with Crippen molar-refractivity contribution < 1.29 is 14.8 Å². The Kier molecular flexibility index (Phi) is 5.19. The van der Waals surface area contributed by atoms with E-state index in [9.17, 15) is 20.0 Å². The van der Waals surface area contributed by atoms with Crippen LogP contribution in [-0.2, 0) is 0 Å². The number of aromatic hydroxyl groups is 1. The number of nitrogens with zero attached hydrogens (tertiary/aromatic N) is 2. The quantitative estimate of drug-likeness (QED) is 0.503. The zero-order valence-corrected chi connectivity index (χ0v) is 11.9. The van der Waals surface area contributed by atoms with Crippen molar-refractivity contribution in [2.24, 2.45) is 5.10 Å². The van der Waals surface area contributed by atoms with Crippen LogP contribution >= 0.6 is 0 Å². The molecule has 2 N–H and O–H groups in total. The van der Waals surface area contributed by atoms with Crippen LogP contribution in [0.15, 0.2) is 59.7 Å². The van der Waals surface area contributed by atoms with Crippen molar-refractivity contribution in [3.63, 3.8) is 0 Å². The molecule has 2 aromatic carbocycles. The molecule has 0 aliphatic rings. The van der Waals surface area contributed by atoms with E-state index < -0.39 is 10.8 Å². The molecule has 7 heteroatoms. The van der Waals surface area contributed by atoms with E-state index >= 15 is 0 Å².